The maximum Gasteiger partial charge on any atom is 0.335 e. The molecule has 0 atom stereocenters. The Morgan fingerprint density at radius 2 is 1.68 bits per heavy atom. The SMILES string of the molecule is O=C(COc1ccc(C2SCCS2)cc1)Nc1ccc(C(=O)O)cc1. The third-order valence-corrected chi connectivity index (χ3v) is 6.66. The number of hydrogen-bond acceptors (Lipinski definition) is 5. The van der Waals surface area contributed by atoms with Crippen molar-refractivity contribution in [2.75, 3.05) is 23.4 Å². The molecule has 1 saturated heterocycles. The van der Waals surface area contributed by atoms with Crippen LogP contribution in [0.1, 0.15) is 20.5 Å². The summed E-state index contributed by atoms with van der Waals surface area (Å²) >= 11 is 3.89. The average Bonchev–Trinajstić information content (AvgIpc) is 3.15. The number of thioether (sulfide) groups is 2. The molecule has 7 heteroatoms. The van der Waals surface area contributed by atoms with Crippen LogP contribution in [0.15, 0.2) is 48.5 Å². The highest BCUT2D eigenvalue weighted by Crippen LogP contribution is 2.45. The molecule has 2 N–H and O–H groups in total. The monoisotopic (exact) mass is 375 g/mol. The molecule has 2 aromatic carbocycles. The molecule has 5 nitrogen and oxygen atoms in total. The number of carbonyl (C=O) groups excluding carboxylic acids is 1. The Hall–Kier alpha value is -2.12. The number of carboxylic acids is 1. The molecule has 1 aliphatic rings. The summed E-state index contributed by atoms with van der Waals surface area (Å²) in [6.07, 6.45) is 0. The predicted octanol–water partition coefficient (Wildman–Crippen LogP) is 3.88. The first-order valence-electron chi connectivity index (χ1n) is 7.71. The van der Waals surface area contributed by atoms with E-state index in [-0.39, 0.29) is 18.1 Å². The second-order valence-electron chi connectivity index (χ2n) is 5.36. The van der Waals surface area contributed by atoms with Gasteiger partial charge in [-0.3, -0.25) is 4.79 Å². The number of carboxylic acid groups (broad SMARTS) is 1. The number of ether oxygens (including phenoxy) is 1. The number of benzene rings is 2. The molecule has 0 aliphatic carbocycles. The number of carbonyl (C=O) groups is 2. The van der Waals surface area contributed by atoms with E-state index in [1.165, 1.54) is 29.2 Å². The second-order valence-corrected chi connectivity index (χ2v) is 8.09. The summed E-state index contributed by atoms with van der Waals surface area (Å²) in [4.78, 5) is 22.7. The van der Waals surface area contributed by atoms with Crippen molar-refractivity contribution in [3.8, 4) is 5.75 Å². The first kappa shape index (κ1) is 17.7. The molecule has 1 heterocycles. The minimum absolute atomic E-state index is 0.104. The summed E-state index contributed by atoms with van der Waals surface area (Å²) in [7, 11) is 0. The number of rotatable bonds is 6. The van der Waals surface area contributed by atoms with E-state index >= 15 is 0 Å². The maximum atomic E-state index is 11.9. The van der Waals surface area contributed by atoms with Crippen molar-refractivity contribution in [2.24, 2.45) is 0 Å². The molecule has 3 rings (SSSR count). The minimum atomic E-state index is -1.00. The van der Waals surface area contributed by atoms with E-state index in [1.54, 1.807) is 12.1 Å². The summed E-state index contributed by atoms with van der Waals surface area (Å²) in [6.45, 7) is -0.104. The number of anilines is 1. The predicted molar refractivity (Wildman–Crippen MR) is 102 cm³/mol. The molecule has 1 amide bonds. The first-order chi connectivity index (χ1) is 12.1. The summed E-state index contributed by atoms with van der Waals surface area (Å²) in [5.74, 6) is 1.71. The van der Waals surface area contributed by atoms with Gasteiger partial charge in [0.25, 0.3) is 5.91 Å². The molecule has 1 fully saturated rings. The van der Waals surface area contributed by atoms with Crippen LogP contribution in [-0.4, -0.2) is 35.1 Å². The number of nitrogens with one attached hydrogen (secondary N) is 1. The van der Waals surface area contributed by atoms with Gasteiger partial charge in [-0.2, -0.15) is 0 Å². The Morgan fingerprint density at radius 3 is 2.28 bits per heavy atom. The Balaban J connectivity index is 1.49. The van der Waals surface area contributed by atoms with Crippen LogP contribution in [0.3, 0.4) is 0 Å². The Morgan fingerprint density at radius 1 is 1.04 bits per heavy atom. The van der Waals surface area contributed by atoms with Gasteiger partial charge in [0.2, 0.25) is 0 Å². The van der Waals surface area contributed by atoms with Gasteiger partial charge < -0.3 is 15.2 Å². The zero-order chi connectivity index (χ0) is 17.6. The van der Waals surface area contributed by atoms with Gasteiger partial charge in [-0.25, -0.2) is 4.79 Å². The van der Waals surface area contributed by atoms with E-state index in [9.17, 15) is 9.59 Å². The highest BCUT2D eigenvalue weighted by molar-refractivity contribution is 8.19. The third kappa shape index (κ3) is 4.93. The lowest BCUT2D eigenvalue weighted by molar-refractivity contribution is -0.118. The fourth-order valence-corrected chi connectivity index (χ4v) is 5.17. The standard InChI is InChI=1S/C18H17NO4S2/c20-16(19-14-5-1-12(2-6-14)17(21)22)11-23-15-7-3-13(4-8-15)18-24-9-10-25-18/h1-8,18H,9-11H2,(H,19,20)(H,21,22). The van der Waals surface area contributed by atoms with E-state index < -0.39 is 5.97 Å². The molecule has 1 aliphatic heterocycles. The molecule has 0 unspecified atom stereocenters. The lowest BCUT2D eigenvalue weighted by atomic mass is 10.2. The maximum absolute atomic E-state index is 11.9. The molecule has 0 spiro atoms. The lowest BCUT2D eigenvalue weighted by Gasteiger charge is -2.10. The molecule has 130 valence electrons. The van der Waals surface area contributed by atoms with Crippen LogP contribution in [-0.2, 0) is 4.79 Å². The molecule has 0 radical (unpaired) electrons. The van der Waals surface area contributed by atoms with Crippen LogP contribution in [0.25, 0.3) is 0 Å². The molecule has 0 aromatic heterocycles. The highest BCUT2D eigenvalue weighted by Gasteiger charge is 2.18. The quantitative estimate of drug-likeness (QED) is 0.798. The van der Waals surface area contributed by atoms with Gasteiger partial charge >= 0.3 is 5.97 Å². The van der Waals surface area contributed by atoms with Gasteiger partial charge in [0.1, 0.15) is 5.75 Å². The minimum Gasteiger partial charge on any atom is -0.484 e. The van der Waals surface area contributed by atoms with Gasteiger partial charge in [0.05, 0.1) is 10.1 Å². The van der Waals surface area contributed by atoms with Crippen molar-refractivity contribution >= 4 is 41.1 Å². The van der Waals surface area contributed by atoms with E-state index in [2.05, 4.69) is 5.32 Å². The largest absolute Gasteiger partial charge is 0.484 e. The van der Waals surface area contributed by atoms with Crippen LogP contribution >= 0.6 is 23.5 Å². The van der Waals surface area contributed by atoms with Crippen molar-refractivity contribution in [1.29, 1.82) is 0 Å². The Labute approximate surface area is 154 Å². The zero-order valence-electron chi connectivity index (χ0n) is 13.3. The number of aromatic carboxylic acids is 1. The first-order valence-corrected chi connectivity index (χ1v) is 9.81. The van der Waals surface area contributed by atoms with E-state index in [0.717, 1.165) is 0 Å². The van der Waals surface area contributed by atoms with Crippen molar-refractivity contribution in [3.63, 3.8) is 0 Å². The molecule has 2 aromatic rings. The Kier molecular flexibility index (Phi) is 5.88. The fraction of sp³-hybridized carbons (Fsp3) is 0.222. The second kappa shape index (κ2) is 8.31. The lowest BCUT2D eigenvalue weighted by Crippen LogP contribution is -2.20. The van der Waals surface area contributed by atoms with Crippen LogP contribution < -0.4 is 10.1 Å². The van der Waals surface area contributed by atoms with Crippen LogP contribution in [0.2, 0.25) is 0 Å². The van der Waals surface area contributed by atoms with Gasteiger partial charge in [0.15, 0.2) is 6.61 Å². The van der Waals surface area contributed by atoms with Crippen LogP contribution in [0.5, 0.6) is 5.75 Å². The summed E-state index contributed by atoms with van der Waals surface area (Å²) in [5, 5.41) is 11.5. The topological polar surface area (TPSA) is 75.6 Å². The van der Waals surface area contributed by atoms with Crippen LogP contribution in [0, 0.1) is 0 Å². The van der Waals surface area contributed by atoms with Gasteiger partial charge in [-0.1, -0.05) is 12.1 Å². The Bertz CT molecular complexity index is 741. The zero-order valence-corrected chi connectivity index (χ0v) is 14.9. The molecular weight excluding hydrogens is 358 g/mol. The summed E-state index contributed by atoms with van der Waals surface area (Å²) < 4.78 is 5.99. The molecule has 0 saturated carbocycles. The van der Waals surface area contributed by atoms with Crippen molar-refractivity contribution in [1.82, 2.24) is 0 Å². The van der Waals surface area contributed by atoms with Crippen LogP contribution in [0.4, 0.5) is 5.69 Å². The van der Waals surface area contributed by atoms with Crippen molar-refractivity contribution in [2.45, 2.75) is 4.58 Å². The van der Waals surface area contributed by atoms with Gasteiger partial charge in [-0.15, -0.1) is 23.5 Å². The smallest absolute Gasteiger partial charge is 0.335 e. The average molecular weight is 375 g/mol. The number of hydrogen-bond donors (Lipinski definition) is 2. The molecular formula is C18H17NO4S2. The summed E-state index contributed by atoms with van der Waals surface area (Å²) in [6, 6.07) is 13.8. The van der Waals surface area contributed by atoms with E-state index in [1.807, 2.05) is 47.8 Å². The molecule has 0 bridgehead atoms. The van der Waals surface area contributed by atoms with Crippen molar-refractivity contribution < 1.29 is 19.4 Å². The van der Waals surface area contributed by atoms with E-state index in [4.69, 9.17) is 9.84 Å². The molecule has 25 heavy (non-hydrogen) atoms. The normalized spacial score (nSPS) is 14.2. The fourth-order valence-electron chi connectivity index (χ4n) is 2.31. The van der Waals surface area contributed by atoms with E-state index in [0.29, 0.717) is 16.0 Å². The van der Waals surface area contributed by atoms with Gasteiger partial charge in [-0.05, 0) is 42.0 Å². The number of amides is 1. The summed E-state index contributed by atoms with van der Waals surface area (Å²) in [5.41, 5.74) is 1.97. The van der Waals surface area contributed by atoms with Gasteiger partial charge in [0, 0.05) is 17.2 Å². The van der Waals surface area contributed by atoms with Crippen molar-refractivity contribution in [3.05, 3.63) is 59.7 Å². The third-order valence-electron chi connectivity index (χ3n) is 3.56. The highest BCUT2D eigenvalue weighted by atomic mass is 32.2.